The van der Waals surface area contributed by atoms with Gasteiger partial charge >= 0.3 is 0 Å². The van der Waals surface area contributed by atoms with Gasteiger partial charge in [0.1, 0.15) is 5.69 Å². The van der Waals surface area contributed by atoms with E-state index in [-0.39, 0.29) is 11.6 Å². The molecule has 0 aliphatic heterocycles. The number of hydrogen-bond acceptors (Lipinski definition) is 6. The van der Waals surface area contributed by atoms with E-state index in [0.717, 1.165) is 5.69 Å². The Morgan fingerprint density at radius 3 is 2.56 bits per heavy atom. The number of halogens is 2. The zero-order valence-electron chi connectivity index (χ0n) is 14.4. The van der Waals surface area contributed by atoms with Crippen molar-refractivity contribution in [2.75, 3.05) is 24.9 Å². The molecule has 0 spiro atoms. The number of hydrogen-bond donors (Lipinski definition) is 2. The number of amides is 1. The molecule has 0 unspecified atom stereocenters. The maximum absolute atomic E-state index is 12.4. The van der Waals surface area contributed by atoms with E-state index in [2.05, 4.69) is 15.6 Å². The third-order valence-electron chi connectivity index (χ3n) is 3.55. The van der Waals surface area contributed by atoms with Gasteiger partial charge in [0, 0.05) is 22.2 Å². The van der Waals surface area contributed by atoms with Gasteiger partial charge in [0.2, 0.25) is 0 Å². The molecule has 1 aromatic heterocycles. The van der Waals surface area contributed by atoms with E-state index in [4.69, 9.17) is 32.7 Å². The van der Waals surface area contributed by atoms with Crippen molar-refractivity contribution in [2.24, 2.45) is 0 Å². The first-order valence-electron chi connectivity index (χ1n) is 7.71. The fourth-order valence-corrected chi connectivity index (χ4v) is 3.42. The lowest BCUT2D eigenvalue weighted by Gasteiger charge is -2.09. The molecule has 0 aliphatic rings. The molecule has 2 aromatic carbocycles. The molecule has 0 fully saturated rings. The number of anilines is 3. The van der Waals surface area contributed by atoms with Crippen molar-refractivity contribution in [1.29, 1.82) is 0 Å². The van der Waals surface area contributed by atoms with E-state index >= 15 is 0 Å². The average Bonchev–Trinajstić information content (AvgIpc) is 3.12. The topological polar surface area (TPSA) is 72.5 Å². The molecule has 6 nitrogen and oxygen atoms in total. The fourth-order valence-electron chi connectivity index (χ4n) is 2.25. The Morgan fingerprint density at radius 1 is 1.07 bits per heavy atom. The van der Waals surface area contributed by atoms with Crippen LogP contribution in [0.4, 0.5) is 16.5 Å². The van der Waals surface area contributed by atoms with E-state index in [1.807, 2.05) is 6.07 Å². The minimum Gasteiger partial charge on any atom is -0.493 e. The van der Waals surface area contributed by atoms with Crippen molar-refractivity contribution in [3.63, 3.8) is 0 Å². The summed E-state index contributed by atoms with van der Waals surface area (Å²) in [6.45, 7) is 0. The van der Waals surface area contributed by atoms with Crippen LogP contribution < -0.4 is 20.1 Å². The molecule has 3 rings (SSSR count). The summed E-state index contributed by atoms with van der Waals surface area (Å²) in [5.41, 5.74) is 1.50. The van der Waals surface area contributed by atoms with Gasteiger partial charge in [-0.2, -0.15) is 0 Å². The predicted octanol–water partition coefficient (Wildman–Crippen LogP) is 5.46. The van der Waals surface area contributed by atoms with Gasteiger partial charge in [-0.3, -0.25) is 4.79 Å². The van der Waals surface area contributed by atoms with Crippen molar-refractivity contribution < 1.29 is 14.3 Å². The highest BCUT2D eigenvalue weighted by molar-refractivity contribution is 7.14. The quantitative estimate of drug-likeness (QED) is 0.550. The molecular weight excluding hydrogens is 409 g/mol. The van der Waals surface area contributed by atoms with E-state index in [1.54, 1.807) is 49.9 Å². The van der Waals surface area contributed by atoms with Crippen LogP contribution in [0.5, 0.6) is 11.5 Å². The zero-order chi connectivity index (χ0) is 19.4. The van der Waals surface area contributed by atoms with Gasteiger partial charge < -0.3 is 20.1 Å². The Morgan fingerprint density at radius 2 is 1.85 bits per heavy atom. The molecule has 27 heavy (non-hydrogen) atoms. The normalized spacial score (nSPS) is 10.4. The number of rotatable bonds is 6. The second kappa shape index (κ2) is 8.47. The van der Waals surface area contributed by atoms with E-state index in [0.29, 0.717) is 32.4 Å². The Hall–Kier alpha value is -2.48. The zero-order valence-corrected chi connectivity index (χ0v) is 16.7. The summed E-state index contributed by atoms with van der Waals surface area (Å²) in [6, 6.07) is 10.2. The van der Waals surface area contributed by atoms with Crippen LogP contribution >= 0.6 is 34.5 Å². The number of benzene rings is 2. The highest BCUT2D eigenvalue weighted by atomic mass is 35.5. The second-order valence-corrected chi connectivity index (χ2v) is 7.01. The molecule has 0 aliphatic carbocycles. The van der Waals surface area contributed by atoms with Gasteiger partial charge in [-0.05, 0) is 30.3 Å². The second-order valence-electron chi connectivity index (χ2n) is 5.31. The van der Waals surface area contributed by atoms with Crippen LogP contribution in [-0.4, -0.2) is 25.1 Å². The summed E-state index contributed by atoms with van der Waals surface area (Å²) >= 11 is 13.2. The first kappa shape index (κ1) is 19.3. The van der Waals surface area contributed by atoms with E-state index in [9.17, 15) is 4.79 Å². The van der Waals surface area contributed by atoms with Crippen LogP contribution in [0, 0.1) is 0 Å². The Kier molecular flexibility index (Phi) is 6.05. The minimum absolute atomic E-state index is 0.272. The van der Waals surface area contributed by atoms with E-state index < -0.39 is 0 Å². The molecule has 3 aromatic rings. The smallest absolute Gasteiger partial charge is 0.275 e. The predicted molar refractivity (Wildman–Crippen MR) is 109 cm³/mol. The molecule has 0 saturated heterocycles. The largest absolute Gasteiger partial charge is 0.493 e. The maximum atomic E-state index is 12.4. The Balaban J connectivity index is 1.71. The monoisotopic (exact) mass is 423 g/mol. The van der Waals surface area contributed by atoms with Gasteiger partial charge in [-0.1, -0.05) is 23.2 Å². The van der Waals surface area contributed by atoms with Gasteiger partial charge in [-0.15, -0.1) is 11.3 Å². The number of carbonyl (C=O) groups is 1. The van der Waals surface area contributed by atoms with E-state index in [1.165, 1.54) is 11.3 Å². The number of thiazole rings is 1. The number of methoxy groups -OCH3 is 2. The molecule has 9 heteroatoms. The third kappa shape index (κ3) is 4.63. The van der Waals surface area contributed by atoms with Gasteiger partial charge in [0.15, 0.2) is 16.6 Å². The van der Waals surface area contributed by atoms with Crippen LogP contribution in [-0.2, 0) is 0 Å². The molecule has 0 saturated carbocycles. The van der Waals surface area contributed by atoms with Crippen LogP contribution in [0.2, 0.25) is 10.0 Å². The highest BCUT2D eigenvalue weighted by Crippen LogP contribution is 2.32. The Bertz CT molecular complexity index is 978. The van der Waals surface area contributed by atoms with Crippen molar-refractivity contribution in [3.05, 3.63) is 57.5 Å². The molecule has 0 atom stereocenters. The summed E-state index contributed by atoms with van der Waals surface area (Å²) in [4.78, 5) is 16.7. The number of nitrogens with one attached hydrogen (secondary N) is 2. The standard InChI is InChI=1S/C18H15Cl2N3O3S/c1-25-15-6-4-11(8-16(15)26-2)21-18-23-14(9-27-18)17(24)22-13-5-3-10(19)7-12(13)20/h3-9H,1-2H3,(H,21,23)(H,22,24). The van der Waals surface area contributed by atoms with Crippen molar-refractivity contribution in [1.82, 2.24) is 4.98 Å². The Labute approximate surface area is 170 Å². The van der Waals surface area contributed by atoms with Crippen LogP contribution in [0.3, 0.4) is 0 Å². The molecular formula is C18H15Cl2N3O3S. The SMILES string of the molecule is COc1ccc(Nc2nc(C(=O)Nc3ccc(Cl)cc3Cl)cs2)cc1OC. The molecule has 0 radical (unpaired) electrons. The van der Waals surface area contributed by atoms with Crippen LogP contribution in [0.15, 0.2) is 41.8 Å². The molecule has 2 N–H and O–H groups in total. The lowest BCUT2D eigenvalue weighted by atomic mass is 10.3. The number of aromatic nitrogens is 1. The fraction of sp³-hybridized carbons (Fsp3) is 0.111. The molecule has 0 bridgehead atoms. The molecule has 1 amide bonds. The van der Waals surface area contributed by atoms with Crippen molar-refractivity contribution >= 4 is 57.0 Å². The first-order chi connectivity index (χ1) is 13.0. The summed E-state index contributed by atoms with van der Waals surface area (Å²) in [5, 5.41) is 8.92. The lowest BCUT2D eigenvalue weighted by Crippen LogP contribution is -2.12. The number of ether oxygens (including phenoxy) is 2. The van der Waals surface area contributed by atoms with Crippen LogP contribution in [0.1, 0.15) is 10.5 Å². The first-order valence-corrected chi connectivity index (χ1v) is 9.34. The summed E-state index contributed by atoms with van der Waals surface area (Å²) < 4.78 is 10.5. The minimum atomic E-state index is -0.365. The van der Waals surface area contributed by atoms with Crippen LogP contribution in [0.25, 0.3) is 0 Å². The lowest BCUT2D eigenvalue weighted by molar-refractivity contribution is 0.102. The maximum Gasteiger partial charge on any atom is 0.275 e. The average molecular weight is 424 g/mol. The summed E-state index contributed by atoms with van der Waals surface area (Å²) in [7, 11) is 3.14. The van der Waals surface area contributed by atoms with Crippen molar-refractivity contribution in [2.45, 2.75) is 0 Å². The molecule has 1 heterocycles. The third-order valence-corrected chi connectivity index (χ3v) is 4.86. The number of carbonyl (C=O) groups excluding carboxylic acids is 1. The van der Waals surface area contributed by atoms with Gasteiger partial charge in [0.05, 0.1) is 24.9 Å². The van der Waals surface area contributed by atoms with Gasteiger partial charge in [-0.25, -0.2) is 4.98 Å². The highest BCUT2D eigenvalue weighted by Gasteiger charge is 2.13. The number of nitrogens with zero attached hydrogens (tertiary/aromatic N) is 1. The summed E-state index contributed by atoms with van der Waals surface area (Å²) in [5.74, 6) is 0.854. The van der Waals surface area contributed by atoms with Gasteiger partial charge in [0.25, 0.3) is 5.91 Å². The van der Waals surface area contributed by atoms with Crippen molar-refractivity contribution in [3.8, 4) is 11.5 Å². The summed E-state index contributed by atoms with van der Waals surface area (Å²) in [6.07, 6.45) is 0. The molecule has 140 valence electrons.